The van der Waals surface area contributed by atoms with Crippen LogP contribution in [-0.2, 0) is 20.0 Å². The Morgan fingerprint density at radius 2 is 2.06 bits per heavy atom. The molecule has 10 nitrogen and oxygen atoms in total. The van der Waals surface area contributed by atoms with Crippen molar-refractivity contribution < 1.29 is 0 Å². The molecule has 0 aliphatic carbocycles. The third-order valence-electron chi connectivity index (χ3n) is 5.48. The fraction of sp³-hybridized carbons (Fsp3) is 0.150. The molecule has 31 heavy (non-hydrogen) atoms. The minimum absolute atomic E-state index is 0.199. The number of aromatic nitrogens is 8. The van der Waals surface area contributed by atoms with E-state index in [1.165, 1.54) is 4.68 Å². The Morgan fingerprint density at radius 3 is 2.90 bits per heavy atom. The molecule has 0 aliphatic heterocycles. The highest BCUT2D eigenvalue weighted by atomic mass is 32.1. The molecular weight excluding hydrogens is 416 g/mol. The smallest absolute Gasteiger partial charge is 0.291 e. The topological polar surface area (TPSA) is 130 Å². The van der Waals surface area contributed by atoms with E-state index in [0.29, 0.717) is 22.8 Å². The second-order valence-electron chi connectivity index (χ2n) is 7.37. The van der Waals surface area contributed by atoms with Gasteiger partial charge in [0.2, 0.25) is 0 Å². The van der Waals surface area contributed by atoms with Gasteiger partial charge in [-0.2, -0.15) is 10.2 Å². The number of rotatable bonds is 4. The highest BCUT2D eigenvalue weighted by Crippen LogP contribution is 2.31. The van der Waals surface area contributed by atoms with Crippen LogP contribution in [0.15, 0.2) is 46.2 Å². The van der Waals surface area contributed by atoms with Crippen LogP contribution in [0, 0.1) is 0 Å². The van der Waals surface area contributed by atoms with Gasteiger partial charge in [0.05, 0.1) is 28.3 Å². The average molecular weight is 432 g/mol. The molecule has 0 atom stereocenters. The lowest BCUT2D eigenvalue weighted by atomic mass is 10.1. The van der Waals surface area contributed by atoms with Crippen molar-refractivity contribution >= 4 is 43.5 Å². The van der Waals surface area contributed by atoms with Gasteiger partial charge in [-0.1, -0.05) is 12.1 Å². The maximum absolute atomic E-state index is 13.3. The molecule has 154 valence electrons. The number of hydrogen-bond acceptors (Lipinski definition) is 6. The molecule has 1 aromatic carbocycles. The van der Waals surface area contributed by atoms with Crippen LogP contribution in [0.5, 0.6) is 0 Å². The van der Waals surface area contributed by atoms with E-state index in [1.807, 2.05) is 35.9 Å². The average Bonchev–Trinajstić information content (AvgIpc) is 3.53. The third kappa shape index (κ3) is 2.66. The molecule has 3 N–H and O–H groups in total. The summed E-state index contributed by atoms with van der Waals surface area (Å²) in [6.45, 7) is 0.199. The number of aromatic amines is 3. The maximum atomic E-state index is 13.3. The Hall–Kier alpha value is -3.99. The summed E-state index contributed by atoms with van der Waals surface area (Å²) in [4.78, 5) is 30.2. The van der Waals surface area contributed by atoms with E-state index in [2.05, 4.69) is 25.5 Å². The molecular formula is C20H16N8O2S. The number of thiazole rings is 1. The molecule has 6 rings (SSSR count). The Balaban J connectivity index is 1.46. The first-order valence-corrected chi connectivity index (χ1v) is 10.4. The van der Waals surface area contributed by atoms with E-state index in [-0.39, 0.29) is 17.7 Å². The molecule has 0 saturated heterocycles. The second-order valence-corrected chi connectivity index (χ2v) is 8.45. The van der Waals surface area contributed by atoms with Gasteiger partial charge in [-0.15, -0.1) is 11.3 Å². The quantitative estimate of drug-likeness (QED) is 0.392. The van der Waals surface area contributed by atoms with Crippen molar-refractivity contribution in [1.82, 2.24) is 39.7 Å². The van der Waals surface area contributed by atoms with Gasteiger partial charge < -0.3 is 4.57 Å². The second kappa shape index (κ2) is 6.51. The molecule has 5 aromatic heterocycles. The van der Waals surface area contributed by atoms with Crippen molar-refractivity contribution in [3.8, 4) is 0 Å². The van der Waals surface area contributed by atoms with E-state index < -0.39 is 0 Å². The summed E-state index contributed by atoms with van der Waals surface area (Å²) in [5, 5.41) is 19.0. The Labute approximate surface area is 177 Å². The summed E-state index contributed by atoms with van der Waals surface area (Å²) >= 11 is 1.55. The summed E-state index contributed by atoms with van der Waals surface area (Å²) in [6.07, 6.45) is 4.07. The van der Waals surface area contributed by atoms with Crippen molar-refractivity contribution in [3.63, 3.8) is 0 Å². The molecule has 0 spiro atoms. The lowest BCUT2D eigenvalue weighted by Crippen LogP contribution is -2.25. The number of benzene rings is 1. The van der Waals surface area contributed by atoms with Gasteiger partial charge >= 0.3 is 0 Å². The fourth-order valence-corrected chi connectivity index (χ4v) is 5.15. The minimum Gasteiger partial charge on any atom is -0.323 e. The molecule has 11 heteroatoms. The van der Waals surface area contributed by atoms with Crippen LogP contribution >= 0.6 is 11.3 Å². The van der Waals surface area contributed by atoms with E-state index in [4.69, 9.17) is 4.98 Å². The van der Waals surface area contributed by atoms with Crippen molar-refractivity contribution in [2.45, 2.75) is 13.0 Å². The van der Waals surface area contributed by atoms with Crippen molar-refractivity contribution in [1.29, 1.82) is 0 Å². The zero-order chi connectivity index (χ0) is 21.1. The van der Waals surface area contributed by atoms with Crippen molar-refractivity contribution in [2.75, 3.05) is 0 Å². The van der Waals surface area contributed by atoms with Crippen LogP contribution in [0.3, 0.4) is 0 Å². The van der Waals surface area contributed by atoms with Gasteiger partial charge in [-0.05, 0) is 17.7 Å². The highest BCUT2D eigenvalue weighted by Gasteiger charge is 2.19. The molecule has 0 saturated carbocycles. The monoisotopic (exact) mass is 432 g/mol. The first-order chi connectivity index (χ1) is 15.1. The molecule has 0 aliphatic rings. The Morgan fingerprint density at radius 1 is 1.16 bits per heavy atom. The van der Waals surface area contributed by atoms with Crippen LogP contribution in [0.1, 0.15) is 16.3 Å². The SMILES string of the molecule is Cn1c2nc(Cc3ccn[nH]3)sc2c2cnn(Cc3cccc4[nH][nH]c(=O)c34)c(=O)c21. The number of nitrogens with zero attached hydrogens (tertiary/aromatic N) is 5. The van der Waals surface area contributed by atoms with Crippen LogP contribution in [-0.4, -0.2) is 39.7 Å². The first kappa shape index (κ1) is 17.8. The summed E-state index contributed by atoms with van der Waals surface area (Å²) in [7, 11) is 1.84. The highest BCUT2D eigenvalue weighted by molar-refractivity contribution is 7.19. The number of nitrogens with one attached hydrogen (secondary N) is 3. The van der Waals surface area contributed by atoms with E-state index in [0.717, 1.165) is 32.0 Å². The van der Waals surface area contributed by atoms with Crippen LogP contribution in [0.2, 0.25) is 0 Å². The Kier molecular flexibility index (Phi) is 3.74. The third-order valence-corrected chi connectivity index (χ3v) is 6.56. The van der Waals surface area contributed by atoms with Gasteiger partial charge in [0.15, 0.2) is 5.65 Å². The number of H-pyrrole nitrogens is 3. The number of hydrogen-bond donors (Lipinski definition) is 3. The molecule has 6 aromatic rings. The molecule has 0 unspecified atom stereocenters. The fourth-order valence-electron chi connectivity index (χ4n) is 4.02. The van der Waals surface area contributed by atoms with E-state index >= 15 is 0 Å². The summed E-state index contributed by atoms with van der Waals surface area (Å²) < 4.78 is 4.15. The van der Waals surface area contributed by atoms with Crippen molar-refractivity contribution in [2.24, 2.45) is 7.05 Å². The summed E-state index contributed by atoms with van der Waals surface area (Å²) in [5.41, 5.74) is 3.28. The molecule has 0 fully saturated rings. The molecule has 0 bridgehead atoms. The van der Waals surface area contributed by atoms with Gasteiger partial charge in [0.25, 0.3) is 11.1 Å². The number of aryl methyl sites for hydroxylation is 1. The lowest BCUT2D eigenvalue weighted by molar-refractivity contribution is 0.646. The standard InChI is InChI=1S/C20H16N8O2S/c1-27-16-12(17-18(27)23-14(31-17)7-11-5-6-21-24-11)8-22-28(20(16)30)9-10-3-2-4-13-15(10)19(29)26-25-13/h2-6,8H,7,9H2,1H3,(H,21,24)(H2,25,26,29). The van der Waals surface area contributed by atoms with Crippen molar-refractivity contribution in [3.05, 3.63) is 73.6 Å². The normalized spacial score (nSPS) is 11.9. The lowest BCUT2D eigenvalue weighted by Gasteiger charge is -2.06. The van der Waals surface area contributed by atoms with Gasteiger partial charge in [-0.3, -0.25) is 24.9 Å². The molecule has 5 heterocycles. The van der Waals surface area contributed by atoms with Crippen LogP contribution < -0.4 is 11.1 Å². The van der Waals surface area contributed by atoms with Gasteiger partial charge in [0, 0.05) is 30.7 Å². The maximum Gasteiger partial charge on any atom is 0.291 e. The number of fused-ring (bicyclic) bond motifs is 4. The van der Waals surface area contributed by atoms with E-state index in [9.17, 15) is 9.59 Å². The predicted molar refractivity (Wildman–Crippen MR) is 118 cm³/mol. The Bertz CT molecular complexity index is 1700. The van der Waals surface area contributed by atoms with Gasteiger partial charge in [0.1, 0.15) is 10.5 Å². The van der Waals surface area contributed by atoms with Crippen LogP contribution in [0.4, 0.5) is 0 Å². The molecule has 0 amide bonds. The zero-order valence-electron chi connectivity index (χ0n) is 16.3. The van der Waals surface area contributed by atoms with Crippen LogP contribution in [0.25, 0.3) is 32.2 Å². The summed E-state index contributed by atoms with van der Waals surface area (Å²) in [6, 6.07) is 7.40. The van der Waals surface area contributed by atoms with E-state index in [1.54, 1.807) is 23.7 Å². The molecule has 0 radical (unpaired) electrons. The predicted octanol–water partition coefficient (Wildman–Crippen LogP) is 1.88. The summed E-state index contributed by atoms with van der Waals surface area (Å²) in [5.74, 6) is 0. The zero-order valence-corrected chi connectivity index (χ0v) is 17.2. The first-order valence-electron chi connectivity index (χ1n) is 9.60. The van der Waals surface area contributed by atoms with Gasteiger partial charge in [-0.25, -0.2) is 9.67 Å². The largest absolute Gasteiger partial charge is 0.323 e. The minimum atomic E-state index is -0.218.